The monoisotopic (exact) mass is 471 g/mol. The van der Waals surface area contributed by atoms with Gasteiger partial charge in [-0.05, 0) is 55.0 Å². The van der Waals surface area contributed by atoms with Gasteiger partial charge in [-0.2, -0.15) is 0 Å². The molecule has 2 aromatic heterocycles. The average molecular weight is 472 g/mol. The van der Waals surface area contributed by atoms with Gasteiger partial charge in [0.25, 0.3) is 5.91 Å². The number of amides is 1. The van der Waals surface area contributed by atoms with E-state index in [2.05, 4.69) is 31.7 Å². The Hall–Kier alpha value is -2.52. The molecule has 2 aliphatic rings. The zero-order chi connectivity index (χ0) is 22.9. The Bertz CT molecular complexity index is 929. The van der Waals surface area contributed by atoms with Crippen LogP contribution in [0.1, 0.15) is 43.2 Å². The third kappa shape index (κ3) is 7.50. The van der Waals surface area contributed by atoms with Gasteiger partial charge >= 0.3 is 0 Å². The van der Waals surface area contributed by atoms with Gasteiger partial charge in [0.05, 0.1) is 5.02 Å². The van der Waals surface area contributed by atoms with Crippen LogP contribution in [0.4, 0.5) is 5.82 Å². The summed E-state index contributed by atoms with van der Waals surface area (Å²) in [4.78, 5) is 28.3. The largest absolute Gasteiger partial charge is 0.366 e. The van der Waals surface area contributed by atoms with Crippen molar-refractivity contribution in [1.29, 1.82) is 0 Å². The zero-order valence-electron chi connectivity index (χ0n) is 18.6. The highest BCUT2D eigenvalue weighted by Gasteiger charge is 2.20. The second-order valence-electron chi connectivity index (χ2n) is 8.37. The Morgan fingerprint density at radius 1 is 1.27 bits per heavy atom. The fourth-order valence-corrected chi connectivity index (χ4v) is 4.19. The molecule has 2 fully saturated rings. The van der Waals surface area contributed by atoms with Gasteiger partial charge in [0.2, 0.25) is 0 Å². The predicted octanol–water partition coefficient (Wildman–Crippen LogP) is 3.79. The molecule has 8 nitrogen and oxygen atoms in total. The Morgan fingerprint density at radius 2 is 2.15 bits per heavy atom. The van der Waals surface area contributed by atoms with Crippen LogP contribution in [0.15, 0.2) is 42.9 Å². The first-order valence-corrected chi connectivity index (χ1v) is 11.8. The zero-order valence-corrected chi connectivity index (χ0v) is 19.3. The summed E-state index contributed by atoms with van der Waals surface area (Å²) < 4.78 is 5.41. The summed E-state index contributed by atoms with van der Waals surface area (Å²) >= 11 is 6.44. The SMILES string of the molecule is O=C(/C=C/c1cnc(NC2CCN(Cc3cccnc3)CC2)c(Cl)c1)NOC1CCCCO1. The van der Waals surface area contributed by atoms with Crippen molar-refractivity contribution in [3.63, 3.8) is 0 Å². The molecule has 0 saturated carbocycles. The molecule has 1 amide bonds. The van der Waals surface area contributed by atoms with E-state index in [0.29, 0.717) is 23.5 Å². The Kier molecular flexibility index (Phi) is 8.65. The Labute approximate surface area is 199 Å². The van der Waals surface area contributed by atoms with Gasteiger partial charge in [0.1, 0.15) is 5.82 Å². The van der Waals surface area contributed by atoms with Crippen LogP contribution in [-0.2, 0) is 20.9 Å². The number of hydrogen-bond donors (Lipinski definition) is 2. The summed E-state index contributed by atoms with van der Waals surface area (Å²) in [6, 6.07) is 6.21. The molecule has 9 heteroatoms. The predicted molar refractivity (Wildman–Crippen MR) is 127 cm³/mol. The van der Waals surface area contributed by atoms with Gasteiger partial charge < -0.3 is 10.1 Å². The van der Waals surface area contributed by atoms with Gasteiger partial charge in [-0.25, -0.2) is 15.3 Å². The Morgan fingerprint density at radius 3 is 2.88 bits per heavy atom. The normalized spacial score (nSPS) is 20.1. The number of nitrogens with one attached hydrogen (secondary N) is 2. The van der Waals surface area contributed by atoms with Crippen molar-refractivity contribution in [3.05, 3.63) is 59.0 Å². The highest BCUT2D eigenvalue weighted by molar-refractivity contribution is 6.33. The minimum Gasteiger partial charge on any atom is -0.366 e. The quantitative estimate of drug-likeness (QED) is 0.447. The average Bonchev–Trinajstić information content (AvgIpc) is 2.85. The summed E-state index contributed by atoms with van der Waals surface area (Å²) in [5.74, 6) is 0.308. The Balaban J connectivity index is 1.21. The molecule has 4 rings (SSSR count). The number of pyridine rings is 2. The molecule has 2 aliphatic heterocycles. The van der Waals surface area contributed by atoms with Crippen molar-refractivity contribution < 1.29 is 14.4 Å². The highest BCUT2D eigenvalue weighted by Crippen LogP contribution is 2.24. The molecule has 2 aromatic rings. The van der Waals surface area contributed by atoms with E-state index < -0.39 is 0 Å². The van der Waals surface area contributed by atoms with Gasteiger partial charge in [-0.15, -0.1) is 0 Å². The van der Waals surface area contributed by atoms with Crippen LogP contribution < -0.4 is 10.8 Å². The standard InChI is InChI=1S/C24H30ClN5O3/c25-21-14-18(6-7-22(31)29-33-23-5-1-2-13-32-23)16-27-24(21)28-20-8-11-30(12-9-20)17-19-4-3-10-26-15-19/h3-4,6-7,10,14-16,20,23H,1-2,5,8-9,11-13,17H2,(H,27,28)(H,29,31)/b7-6+. The fourth-order valence-electron chi connectivity index (χ4n) is 3.96. The van der Waals surface area contributed by atoms with Crippen molar-refractivity contribution in [2.75, 3.05) is 25.0 Å². The van der Waals surface area contributed by atoms with Crippen molar-refractivity contribution >= 4 is 29.4 Å². The molecule has 1 unspecified atom stereocenters. The number of ether oxygens (including phenoxy) is 1. The highest BCUT2D eigenvalue weighted by atomic mass is 35.5. The maximum atomic E-state index is 12.0. The van der Waals surface area contributed by atoms with Crippen molar-refractivity contribution in [2.45, 2.75) is 51.0 Å². The topological polar surface area (TPSA) is 88.6 Å². The fraction of sp³-hybridized carbons (Fsp3) is 0.458. The van der Waals surface area contributed by atoms with Crippen molar-refractivity contribution in [3.8, 4) is 0 Å². The van der Waals surface area contributed by atoms with Gasteiger partial charge in [0, 0.05) is 63.4 Å². The molecule has 4 heterocycles. The first kappa shape index (κ1) is 23.6. The second-order valence-corrected chi connectivity index (χ2v) is 8.78. The number of hydrogen-bond acceptors (Lipinski definition) is 7. The summed E-state index contributed by atoms with van der Waals surface area (Å²) in [6.45, 7) is 3.60. The van der Waals surface area contributed by atoms with Crippen LogP contribution in [0.2, 0.25) is 5.02 Å². The minimum atomic E-state index is -0.375. The molecule has 176 valence electrons. The molecule has 0 bridgehead atoms. The van der Waals surface area contributed by atoms with Crippen LogP contribution in [0.25, 0.3) is 6.08 Å². The van der Waals surface area contributed by atoms with Crippen LogP contribution in [0.5, 0.6) is 0 Å². The first-order valence-electron chi connectivity index (χ1n) is 11.4. The maximum Gasteiger partial charge on any atom is 0.267 e. The van der Waals surface area contributed by atoms with Crippen LogP contribution in [0.3, 0.4) is 0 Å². The number of halogens is 1. The molecule has 0 aromatic carbocycles. The molecule has 2 saturated heterocycles. The van der Waals surface area contributed by atoms with Gasteiger partial charge in [-0.3, -0.25) is 14.7 Å². The maximum absolute atomic E-state index is 12.0. The van der Waals surface area contributed by atoms with E-state index in [1.165, 1.54) is 11.6 Å². The lowest BCUT2D eigenvalue weighted by Gasteiger charge is -2.32. The van der Waals surface area contributed by atoms with Crippen LogP contribution >= 0.6 is 11.6 Å². The molecular weight excluding hydrogens is 442 g/mol. The lowest BCUT2D eigenvalue weighted by molar-refractivity contribution is -0.198. The van der Waals surface area contributed by atoms with Crippen LogP contribution in [-0.4, -0.2) is 52.8 Å². The summed E-state index contributed by atoms with van der Waals surface area (Å²) in [5, 5.41) is 3.99. The smallest absolute Gasteiger partial charge is 0.267 e. The third-order valence-corrected chi connectivity index (χ3v) is 6.06. The molecule has 0 radical (unpaired) electrons. The molecule has 33 heavy (non-hydrogen) atoms. The van der Waals surface area contributed by atoms with E-state index in [1.54, 1.807) is 24.5 Å². The summed E-state index contributed by atoms with van der Waals surface area (Å²) in [6.07, 6.45) is 13.0. The lowest BCUT2D eigenvalue weighted by Crippen LogP contribution is -2.38. The molecule has 1 atom stereocenters. The van der Waals surface area contributed by atoms with E-state index in [-0.39, 0.29) is 12.2 Å². The van der Waals surface area contributed by atoms with Gasteiger partial charge in [-0.1, -0.05) is 17.7 Å². The van der Waals surface area contributed by atoms with E-state index >= 15 is 0 Å². The number of hydroxylamine groups is 1. The molecule has 0 spiro atoms. The van der Waals surface area contributed by atoms with Crippen LogP contribution in [0, 0.1) is 0 Å². The summed E-state index contributed by atoms with van der Waals surface area (Å²) in [5.41, 5.74) is 4.37. The van der Waals surface area contributed by atoms with E-state index in [1.807, 2.05) is 12.3 Å². The first-order chi connectivity index (χ1) is 16.2. The number of anilines is 1. The third-order valence-electron chi connectivity index (χ3n) is 5.78. The number of carbonyl (C=O) groups excluding carboxylic acids is 1. The number of rotatable bonds is 8. The van der Waals surface area contributed by atoms with E-state index in [4.69, 9.17) is 21.2 Å². The van der Waals surface area contributed by atoms with E-state index in [9.17, 15) is 4.79 Å². The number of carbonyl (C=O) groups is 1. The van der Waals surface area contributed by atoms with Crippen molar-refractivity contribution in [2.24, 2.45) is 0 Å². The minimum absolute atomic E-state index is 0.325. The lowest BCUT2D eigenvalue weighted by atomic mass is 10.0. The molecule has 2 N–H and O–H groups in total. The second kappa shape index (κ2) is 12.1. The number of aromatic nitrogens is 2. The summed E-state index contributed by atoms with van der Waals surface area (Å²) in [7, 11) is 0. The molecule has 0 aliphatic carbocycles. The van der Waals surface area contributed by atoms with E-state index in [0.717, 1.165) is 57.3 Å². The number of nitrogens with zero attached hydrogens (tertiary/aromatic N) is 3. The van der Waals surface area contributed by atoms with Gasteiger partial charge in [0.15, 0.2) is 6.29 Å². The molecular formula is C24H30ClN5O3. The van der Waals surface area contributed by atoms with Crippen molar-refractivity contribution in [1.82, 2.24) is 20.3 Å². The number of likely N-dealkylation sites (tertiary alicyclic amines) is 1. The number of piperidine rings is 1.